The zero-order valence-electron chi connectivity index (χ0n) is 17.4. The molecule has 30 heavy (non-hydrogen) atoms. The van der Waals surface area contributed by atoms with Crippen LogP contribution in [0, 0.1) is 11.3 Å². The van der Waals surface area contributed by atoms with Crippen molar-refractivity contribution in [3.8, 4) is 0 Å². The second kappa shape index (κ2) is 8.39. The first-order valence-corrected chi connectivity index (χ1v) is 11.6. The van der Waals surface area contributed by atoms with Gasteiger partial charge >= 0.3 is 0 Å². The van der Waals surface area contributed by atoms with Gasteiger partial charge in [-0.3, -0.25) is 4.79 Å². The number of ether oxygens (including phenoxy) is 1. The molecule has 5 rings (SSSR count). The van der Waals surface area contributed by atoms with E-state index in [1.54, 1.807) is 0 Å². The summed E-state index contributed by atoms with van der Waals surface area (Å²) in [5.41, 5.74) is 2.01. The Labute approximate surface area is 182 Å². The van der Waals surface area contributed by atoms with E-state index in [4.69, 9.17) is 20.8 Å². The Kier molecular flexibility index (Phi) is 5.63. The lowest BCUT2D eigenvalue weighted by Crippen LogP contribution is -2.46. The number of benzene rings is 1. The van der Waals surface area contributed by atoms with Crippen molar-refractivity contribution in [2.24, 2.45) is 11.3 Å². The first-order valence-electron chi connectivity index (χ1n) is 11.3. The number of hydrogen-bond donors (Lipinski definition) is 1. The van der Waals surface area contributed by atoms with Crippen LogP contribution < -0.4 is 10.2 Å². The van der Waals surface area contributed by atoms with E-state index < -0.39 is 0 Å². The Balaban J connectivity index is 1.11. The number of nitrogens with zero attached hydrogens (tertiary/aromatic N) is 2. The molecule has 1 unspecified atom stereocenters. The van der Waals surface area contributed by atoms with Crippen molar-refractivity contribution < 1.29 is 13.9 Å². The number of halogens is 1. The van der Waals surface area contributed by atoms with Crippen molar-refractivity contribution in [2.45, 2.75) is 57.4 Å². The van der Waals surface area contributed by atoms with Gasteiger partial charge in [0.2, 0.25) is 5.91 Å². The predicted octanol–water partition coefficient (Wildman–Crippen LogP) is 4.55. The van der Waals surface area contributed by atoms with Crippen LogP contribution in [0.3, 0.4) is 0 Å². The third-order valence-electron chi connectivity index (χ3n) is 7.34. The van der Waals surface area contributed by atoms with Gasteiger partial charge in [-0.25, -0.2) is 0 Å². The molecule has 3 aliphatic rings. The molecule has 0 radical (unpaired) electrons. The van der Waals surface area contributed by atoms with Crippen molar-refractivity contribution in [3.05, 3.63) is 23.2 Å². The summed E-state index contributed by atoms with van der Waals surface area (Å²) in [7, 11) is 0. The molecule has 7 heteroatoms. The van der Waals surface area contributed by atoms with Gasteiger partial charge < -0.3 is 19.4 Å². The maximum absolute atomic E-state index is 12.3. The van der Waals surface area contributed by atoms with Gasteiger partial charge in [0.1, 0.15) is 5.52 Å². The fourth-order valence-corrected chi connectivity index (χ4v) is 5.53. The SMILES string of the molecule is O=C(CC1CCOC1)NC1CCC2(CC1)CCN(c1nc3cc(Cl)ccc3o1)CC2. The molecule has 1 spiro atoms. The lowest BCUT2D eigenvalue weighted by atomic mass is 9.67. The van der Waals surface area contributed by atoms with E-state index in [-0.39, 0.29) is 5.91 Å². The van der Waals surface area contributed by atoms with Gasteiger partial charge in [-0.15, -0.1) is 0 Å². The quantitative estimate of drug-likeness (QED) is 0.768. The summed E-state index contributed by atoms with van der Waals surface area (Å²) in [6.07, 6.45) is 8.53. The Hall–Kier alpha value is -1.79. The van der Waals surface area contributed by atoms with Gasteiger partial charge in [-0.1, -0.05) is 11.6 Å². The third-order valence-corrected chi connectivity index (χ3v) is 7.58. The number of aromatic nitrogens is 1. The van der Waals surface area contributed by atoms with Crippen LogP contribution in [0.15, 0.2) is 22.6 Å². The van der Waals surface area contributed by atoms with E-state index in [1.165, 1.54) is 12.8 Å². The molecule has 0 bridgehead atoms. The Bertz CT molecular complexity index is 890. The number of nitrogens with one attached hydrogen (secondary N) is 1. The van der Waals surface area contributed by atoms with Gasteiger partial charge in [0.15, 0.2) is 5.58 Å². The summed E-state index contributed by atoms with van der Waals surface area (Å²) in [5, 5.41) is 3.96. The number of carbonyl (C=O) groups excluding carboxylic acids is 1. The number of carbonyl (C=O) groups is 1. The average molecular weight is 432 g/mol. The van der Waals surface area contributed by atoms with Crippen LogP contribution in [0.25, 0.3) is 11.1 Å². The molecule has 3 fully saturated rings. The Morgan fingerprint density at radius 2 is 2.00 bits per heavy atom. The van der Waals surface area contributed by atoms with Crippen molar-refractivity contribution in [1.82, 2.24) is 10.3 Å². The van der Waals surface area contributed by atoms with E-state index in [2.05, 4.69) is 15.2 Å². The number of amides is 1. The average Bonchev–Trinajstić information content (AvgIpc) is 3.40. The highest BCUT2D eigenvalue weighted by molar-refractivity contribution is 6.31. The number of hydrogen-bond acceptors (Lipinski definition) is 5. The maximum Gasteiger partial charge on any atom is 0.298 e. The molecular weight excluding hydrogens is 402 g/mol. The number of oxazole rings is 1. The Morgan fingerprint density at radius 3 is 2.73 bits per heavy atom. The minimum Gasteiger partial charge on any atom is -0.423 e. The number of fused-ring (bicyclic) bond motifs is 1. The summed E-state index contributed by atoms with van der Waals surface area (Å²) in [4.78, 5) is 19.2. The lowest BCUT2D eigenvalue weighted by molar-refractivity contribution is -0.123. The third kappa shape index (κ3) is 4.30. The molecule has 3 heterocycles. The summed E-state index contributed by atoms with van der Waals surface area (Å²) >= 11 is 6.07. The van der Waals surface area contributed by atoms with Gasteiger partial charge in [0.05, 0.1) is 0 Å². The second-order valence-electron chi connectivity index (χ2n) is 9.37. The fourth-order valence-electron chi connectivity index (χ4n) is 5.36. The van der Waals surface area contributed by atoms with E-state index in [1.807, 2.05) is 18.2 Å². The van der Waals surface area contributed by atoms with Crippen LogP contribution in [-0.2, 0) is 9.53 Å². The monoisotopic (exact) mass is 431 g/mol. The fraction of sp³-hybridized carbons (Fsp3) is 0.652. The predicted molar refractivity (Wildman–Crippen MR) is 117 cm³/mol. The van der Waals surface area contributed by atoms with E-state index in [0.29, 0.717) is 34.8 Å². The zero-order chi connectivity index (χ0) is 20.6. The molecule has 1 aromatic heterocycles. The molecule has 2 aromatic rings. The van der Waals surface area contributed by atoms with Crippen molar-refractivity contribution in [3.63, 3.8) is 0 Å². The molecule has 1 saturated carbocycles. The van der Waals surface area contributed by atoms with E-state index >= 15 is 0 Å². The largest absolute Gasteiger partial charge is 0.423 e. The molecule has 162 valence electrons. The number of rotatable bonds is 4. The van der Waals surface area contributed by atoms with E-state index in [0.717, 1.165) is 69.5 Å². The van der Waals surface area contributed by atoms with Gasteiger partial charge in [-0.05, 0) is 74.5 Å². The Morgan fingerprint density at radius 1 is 1.20 bits per heavy atom. The molecule has 1 N–H and O–H groups in total. The lowest BCUT2D eigenvalue weighted by Gasteiger charge is -2.45. The van der Waals surface area contributed by atoms with Crippen molar-refractivity contribution >= 4 is 34.6 Å². The summed E-state index contributed by atoms with van der Waals surface area (Å²) < 4.78 is 11.3. The van der Waals surface area contributed by atoms with Crippen molar-refractivity contribution in [2.75, 3.05) is 31.2 Å². The van der Waals surface area contributed by atoms with Gasteiger partial charge in [0, 0.05) is 43.8 Å². The molecule has 2 saturated heterocycles. The van der Waals surface area contributed by atoms with Crippen LogP contribution in [-0.4, -0.2) is 43.2 Å². The topological polar surface area (TPSA) is 67.6 Å². The highest BCUT2D eigenvalue weighted by atomic mass is 35.5. The standard InChI is InChI=1S/C23H30ClN3O3/c24-17-1-2-20-19(14-17)26-22(30-20)27-10-8-23(9-11-27)6-3-18(4-7-23)25-21(28)13-16-5-12-29-15-16/h1-2,14,16,18H,3-13,15H2,(H,25,28). The molecule has 1 aromatic carbocycles. The minimum atomic E-state index is 0.206. The van der Waals surface area contributed by atoms with Crippen LogP contribution in [0.2, 0.25) is 5.02 Å². The van der Waals surface area contributed by atoms with Crippen LogP contribution in [0.5, 0.6) is 0 Å². The van der Waals surface area contributed by atoms with Crippen LogP contribution in [0.1, 0.15) is 51.4 Å². The van der Waals surface area contributed by atoms with E-state index in [9.17, 15) is 4.79 Å². The number of anilines is 1. The normalized spacial score (nSPS) is 24.6. The molecule has 1 atom stereocenters. The number of piperidine rings is 1. The summed E-state index contributed by atoms with van der Waals surface area (Å²) in [6, 6.07) is 6.62. The summed E-state index contributed by atoms with van der Waals surface area (Å²) in [5.74, 6) is 0.615. The van der Waals surface area contributed by atoms with Crippen molar-refractivity contribution in [1.29, 1.82) is 0 Å². The van der Waals surface area contributed by atoms with Gasteiger partial charge in [-0.2, -0.15) is 4.98 Å². The zero-order valence-corrected chi connectivity index (χ0v) is 18.1. The summed E-state index contributed by atoms with van der Waals surface area (Å²) in [6.45, 7) is 3.49. The van der Waals surface area contributed by atoms with Gasteiger partial charge in [0.25, 0.3) is 6.01 Å². The maximum atomic E-state index is 12.3. The highest BCUT2D eigenvalue weighted by Gasteiger charge is 2.39. The highest BCUT2D eigenvalue weighted by Crippen LogP contribution is 2.45. The first kappa shape index (κ1) is 20.1. The first-order chi connectivity index (χ1) is 14.6. The molecule has 2 aliphatic heterocycles. The molecule has 6 nitrogen and oxygen atoms in total. The smallest absolute Gasteiger partial charge is 0.298 e. The molecule has 1 aliphatic carbocycles. The molecular formula is C23H30ClN3O3. The molecule has 1 amide bonds. The van der Waals surface area contributed by atoms with Crippen LogP contribution in [0.4, 0.5) is 6.01 Å². The second-order valence-corrected chi connectivity index (χ2v) is 9.81. The minimum absolute atomic E-state index is 0.206. The van der Waals surface area contributed by atoms with Crippen LogP contribution >= 0.6 is 11.6 Å².